The highest BCUT2D eigenvalue weighted by Crippen LogP contribution is 2.17. The number of pyridine rings is 1. The molecular formula is C13H19ClN4O. The first-order chi connectivity index (χ1) is 9.16. The molecule has 2 N–H and O–H groups in total. The Hall–Kier alpha value is -1.17. The Bertz CT molecular complexity index is 434. The molecular weight excluding hydrogens is 264 g/mol. The number of anilines is 1. The summed E-state index contributed by atoms with van der Waals surface area (Å²) in [7, 11) is 1.97. The quantitative estimate of drug-likeness (QED) is 0.819. The number of piperidine rings is 1. The van der Waals surface area contributed by atoms with E-state index in [4.69, 9.17) is 11.6 Å². The maximum Gasteiger partial charge on any atom is 0.238 e. The van der Waals surface area contributed by atoms with E-state index in [0.717, 1.165) is 25.9 Å². The van der Waals surface area contributed by atoms with Gasteiger partial charge in [0, 0.05) is 18.8 Å². The number of amides is 1. The minimum absolute atomic E-state index is 0.0667. The minimum atomic E-state index is -0.0667. The van der Waals surface area contributed by atoms with Crippen LogP contribution in [-0.4, -0.2) is 48.5 Å². The summed E-state index contributed by atoms with van der Waals surface area (Å²) >= 11 is 5.90. The lowest BCUT2D eigenvalue weighted by atomic mass is 10.1. The van der Waals surface area contributed by atoms with E-state index in [1.807, 2.05) is 7.05 Å². The average molecular weight is 283 g/mol. The summed E-state index contributed by atoms with van der Waals surface area (Å²) in [6.45, 7) is 2.37. The van der Waals surface area contributed by atoms with Crippen molar-refractivity contribution in [3.8, 4) is 0 Å². The van der Waals surface area contributed by atoms with E-state index in [1.54, 1.807) is 18.3 Å². The van der Waals surface area contributed by atoms with Gasteiger partial charge < -0.3 is 10.6 Å². The van der Waals surface area contributed by atoms with Crippen LogP contribution in [0.25, 0.3) is 0 Å². The van der Waals surface area contributed by atoms with Crippen LogP contribution in [0.2, 0.25) is 5.15 Å². The predicted octanol–water partition coefficient (Wildman–Crippen LogP) is 1.36. The molecule has 0 aliphatic carbocycles. The standard InChI is InChI=1S/C13H19ClN4O/c1-18(10-4-2-6-15-8-10)9-12(19)17-11-5-3-7-16-13(11)14/h3,5,7,10,15H,2,4,6,8-9H2,1H3,(H,17,19). The van der Waals surface area contributed by atoms with Crippen molar-refractivity contribution in [2.24, 2.45) is 0 Å². The maximum absolute atomic E-state index is 12.0. The van der Waals surface area contributed by atoms with Crippen LogP contribution in [0.3, 0.4) is 0 Å². The van der Waals surface area contributed by atoms with Crippen LogP contribution < -0.4 is 10.6 Å². The molecule has 0 spiro atoms. The lowest BCUT2D eigenvalue weighted by Crippen LogP contribution is -2.46. The van der Waals surface area contributed by atoms with E-state index in [1.165, 1.54) is 0 Å². The minimum Gasteiger partial charge on any atom is -0.322 e. The molecule has 6 heteroatoms. The fourth-order valence-electron chi connectivity index (χ4n) is 2.23. The van der Waals surface area contributed by atoms with Crippen LogP contribution in [0, 0.1) is 0 Å². The number of halogens is 1. The van der Waals surface area contributed by atoms with Gasteiger partial charge in [-0.3, -0.25) is 9.69 Å². The Labute approximate surface area is 118 Å². The third-order valence-electron chi connectivity index (χ3n) is 3.32. The summed E-state index contributed by atoms with van der Waals surface area (Å²) in [5.74, 6) is -0.0667. The van der Waals surface area contributed by atoms with Gasteiger partial charge in [0.15, 0.2) is 5.15 Å². The molecule has 1 amide bonds. The summed E-state index contributed by atoms with van der Waals surface area (Å²) in [6, 6.07) is 3.91. The summed E-state index contributed by atoms with van der Waals surface area (Å²) < 4.78 is 0. The van der Waals surface area contributed by atoms with Gasteiger partial charge in [-0.05, 0) is 38.6 Å². The summed E-state index contributed by atoms with van der Waals surface area (Å²) in [5.41, 5.74) is 0.560. The van der Waals surface area contributed by atoms with Crippen molar-refractivity contribution in [1.29, 1.82) is 0 Å². The monoisotopic (exact) mass is 282 g/mol. The molecule has 0 aromatic carbocycles. The molecule has 1 atom stereocenters. The van der Waals surface area contributed by atoms with Crippen molar-refractivity contribution in [3.63, 3.8) is 0 Å². The lowest BCUT2D eigenvalue weighted by molar-refractivity contribution is -0.117. The van der Waals surface area contributed by atoms with E-state index >= 15 is 0 Å². The van der Waals surface area contributed by atoms with Crippen LogP contribution in [0.15, 0.2) is 18.3 Å². The molecule has 1 aromatic rings. The van der Waals surface area contributed by atoms with Gasteiger partial charge in [0.05, 0.1) is 12.2 Å². The number of likely N-dealkylation sites (N-methyl/N-ethyl adjacent to an activating group) is 1. The summed E-state index contributed by atoms with van der Waals surface area (Å²) in [4.78, 5) is 18.0. The number of nitrogens with one attached hydrogen (secondary N) is 2. The van der Waals surface area contributed by atoms with Gasteiger partial charge in [-0.1, -0.05) is 11.6 Å². The van der Waals surface area contributed by atoms with E-state index in [9.17, 15) is 4.79 Å². The summed E-state index contributed by atoms with van der Waals surface area (Å²) in [6.07, 6.45) is 3.88. The molecule has 2 rings (SSSR count). The summed E-state index contributed by atoms with van der Waals surface area (Å²) in [5, 5.41) is 6.45. The topological polar surface area (TPSA) is 57.3 Å². The second-order valence-electron chi connectivity index (χ2n) is 4.81. The van der Waals surface area contributed by atoms with Crippen molar-refractivity contribution >= 4 is 23.2 Å². The third-order valence-corrected chi connectivity index (χ3v) is 3.62. The Morgan fingerprint density at radius 1 is 1.68 bits per heavy atom. The lowest BCUT2D eigenvalue weighted by Gasteiger charge is -2.31. The van der Waals surface area contributed by atoms with E-state index in [2.05, 4.69) is 20.5 Å². The first-order valence-corrected chi connectivity index (χ1v) is 6.86. The molecule has 1 aromatic heterocycles. The molecule has 5 nitrogen and oxygen atoms in total. The molecule has 0 bridgehead atoms. The second kappa shape index (κ2) is 6.84. The number of carbonyl (C=O) groups is 1. The molecule has 1 aliphatic rings. The molecule has 1 fully saturated rings. The highest BCUT2D eigenvalue weighted by atomic mass is 35.5. The van der Waals surface area contributed by atoms with Crippen LogP contribution >= 0.6 is 11.6 Å². The van der Waals surface area contributed by atoms with Crippen molar-refractivity contribution < 1.29 is 4.79 Å². The molecule has 19 heavy (non-hydrogen) atoms. The van der Waals surface area contributed by atoms with Crippen LogP contribution in [0.5, 0.6) is 0 Å². The van der Waals surface area contributed by atoms with Gasteiger partial charge in [-0.15, -0.1) is 0 Å². The number of aromatic nitrogens is 1. The second-order valence-corrected chi connectivity index (χ2v) is 5.16. The smallest absolute Gasteiger partial charge is 0.238 e. The Morgan fingerprint density at radius 2 is 2.53 bits per heavy atom. The van der Waals surface area contributed by atoms with Gasteiger partial charge in [0.1, 0.15) is 0 Å². The van der Waals surface area contributed by atoms with Gasteiger partial charge in [0.25, 0.3) is 0 Å². The first-order valence-electron chi connectivity index (χ1n) is 6.48. The molecule has 1 unspecified atom stereocenters. The molecule has 1 aliphatic heterocycles. The molecule has 1 saturated heterocycles. The Morgan fingerprint density at radius 3 is 3.21 bits per heavy atom. The van der Waals surface area contributed by atoms with Crippen LogP contribution in [0.1, 0.15) is 12.8 Å². The Kier molecular flexibility index (Phi) is 5.13. The third kappa shape index (κ3) is 4.16. The molecule has 0 saturated carbocycles. The molecule has 104 valence electrons. The fourth-order valence-corrected chi connectivity index (χ4v) is 2.40. The molecule has 0 radical (unpaired) electrons. The van der Waals surface area contributed by atoms with Crippen LogP contribution in [0.4, 0.5) is 5.69 Å². The van der Waals surface area contributed by atoms with E-state index in [-0.39, 0.29) is 5.91 Å². The largest absolute Gasteiger partial charge is 0.322 e. The van der Waals surface area contributed by atoms with Crippen molar-refractivity contribution in [3.05, 3.63) is 23.5 Å². The average Bonchev–Trinajstić information content (AvgIpc) is 2.42. The normalized spacial score (nSPS) is 19.4. The number of hydrogen-bond donors (Lipinski definition) is 2. The van der Waals surface area contributed by atoms with Crippen molar-refractivity contribution in [2.45, 2.75) is 18.9 Å². The van der Waals surface area contributed by atoms with Gasteiger partial charge >= 0.3 is 0 Å². The number of hydrogen-bond acceptors (Lipinski definition) is 4. The zero-order valence-corrected chi connectivity index (χ0v) is 11.8. The number of rotatable bonds is 4. The van der Waals surface area contributed by atoms with E-state index in [0.29, 0.717) is 23.4 Å². The molecule has 2 heterocycles. The van der Waals surface area contributed by atoms with Gasteiger partial charge in [-0.25, -0.2) is 4.98 Å². The SMILES string of the molecule is CN(CC(=O)Nc1cccnc1Cl)C1CCCNC1. The highest BCUT2D eigenvalue weighted by molar-refractivity contribution is 6.32. The van der Waals surface area contributed by atoms with Crippen LogP contribution in [-0.2, 0) is 4.79 Å². The Balaban J connectivity index is 1.85. The van der Waals surface area contributed by atoms with E-state index < -0.39 is 0 Å². The predicted molar refractivity (Wildman–Crippen MR) is 76.4 cm³/mol. The van der Waals surface area contributed by atoms with Crippen molar-refractivity contribution in [1.82, 2.24) is 15.2 Å². The zero-order chi connectivity index (χ0) is 13.7. The number of carbonyl (C=O) groups excluding carboxylic acids is 1. The first kappa shape index (κ1) is 14.2. The number of nitrogens with zero attached hydrogens (tertiary/aromatic N) is 2. The maximum atomic E-state index is 12.0. The van der Waals surface area contributed by atoms with Gasteiger partial charge in [-0.2, -0.15) is 0 Å². The fraction of sp³-hybridized carbons (Fsp3) is 0.538. The zero-order valence-electron chi connectivity index (χ0n) is 11.0. The van der Waals surface area contributed by atoms with Crippen molar-refractivity contribution in [2.75, 3.05) is 32.0 Å². The van der Waals surface area contributed by atoms with Gasteiger partial charge in [0.2, 0.25) is 5.91 Å². The highest BCUT2D eigenvalue weighted by Gasteiger charge is 2.19.